The van der Waals surface area contributed by atoms with Crippen LogP contribution in [0.25, 0.3) is 10.9 Å². The number of nitrogens with zero attached hydrogens (tertiary/aromatic N) is 2. The second-order valence-corrected chi connectivity index (χ2v) is 8.90. The fourth-order valence-corrected chi connectivity index (χ4v) is 5.14. The highest BCUT2D eigenvalue weighted by atomic mass is 35.5. The molecule has 1 saturated heterocycles. The van der Waals surface area contributed by atoms with Gasteiger partial charge < -0.3 is 15.4 Å². The number of hydrogen-bond donors (Lipinski definition) is 3. The van der Waals surface area contributed by atoms with Crippen LogP contribution < -0.4 is 5.32 Å². The van der Waals surface area contributed by atoms with E-state index in [4.69, 9.17) is 11.6 Å². The minimum Gasteiger partial charge on any atom is -0.508 e. The van der Waals surface area contributed by atoms with E-state index < -0.39 is 23.4 Å². The van der Waals surface area contributed by atoms with Gasteiger partial charge in [0.05, 0.1) is 5.02 Å². The molecule has 32 heavy (non-hydrogen) atoms. The number of benzene rings is 2. The van der Waals surface area contributed by atoms with Crippen LogP contribution in [0, 0.1) is 5.82 Å². The summed E-state index contributed by atoms with van der Waals surface area (Å²) in [6.07, 6.45) is 0.264. The predicted molar refractivity (Wildman–Crippen MR) is 118 cm³/mol. The lowest BCUT2D eigenvalue weighted by Gasteiger charge is -2.42. The molecule has 0 spiro atoms. The number of aromatic nitrogens is 1. The summed E-state index contributed by atoms with van der Waals surface area (Å²) in [6.45, 7) is 2.48. The summed E-state index contributed by atoms with van der Waals surface area (Å²) in [4.78, 5) is 33.1. The Hall–Kier alpha value is -3.10. The number of fused-ring (bicyclic) bond motifs is 4. The molecule has 0 saturated carbocycles. The van der Waals surface area contributed by atoms with Crippen molar-refractivity contribution in [2.24, 2.45) is 0 Å². The highest BCUT2D eigenvalue weighted by Crippen LogP contribution is 2.49. The van der Waals surface area contributed by atoms with Crippen molar-refractivity contribution in [3.05, 3.63) is 64.1 Å². The zero-order valence-electron chi connectivity index (χ0n) is 17.6. The first-order valence-electron chi connectivity index (χ1n) is 10.3. The zero-order valence-corrected chi connectivity index (χ0v) is 18.3. The quantitative estimate of drug-likeness (QED) is 0.524. The van der Waals surface area contributed by atoms with Gasteiger partial charge in [-0.15, -0.1) is 0 Å². The number of phenolic OH excluding ortho intramolecular Hbond substituents is 1. The van der Waals surface area contributed by atoms with Crippen LogP contribution in [0.4, 0.5) is 9.18 Å². The molecule has 166 valence electrons. The van der Waals surface area contributed by atoms with Crippen LogP contribution >= 0.6 is 11.6 Å². The van der Waals surface area contributed by atoms with Gasteiger partial charge in [-0.1, -0.05) is 23.7 Å². The Morgan fingerprint density at radius 1 is 1.31 bits per heavy atom. The van der Waals surface area contributed by atoms with Crippen molar-refractivity contribution < 1.29 is 19.1 Å². The Morgan fingerprint density at radius 3 is 2.81 bits per heavy atom. The van der Waals surface area contributed by atoms with Crippen molar-refractivity contribution in [1.29, 1.82) is 0 Å². The molecule has 3 aromatic rings. The van der Waals surface area contributed by atoms with Gasteiger partial charge in [-0.25, -0.2) is 9.18 Å². The smallest absolute Gasteiger partial charge is 0.328 e. The van der Waals surface area contributed by atoms with Crippen LogP contribution in [0.15, 0.2) is 36.4 Å². The maximum absolute atomic E-state index is 14.2. The molecule has 2 aromatic carbocycles. The predicted octanol–water partition coefficient (Wildman–Crippen LogP) is 3.55. The number of aromatic amines is 1. The van der Waals surface area contributed by atoms with E-state index in [1.54, 1.807) is 49.2 Å². The average molecular weight is 457 g/mol. The summed E-state index contributed by atoms with van der Waals surface area (Å²) in [5, 5.41) is 13.8. The molecule has 2 atom stereocenters. The second-order valence-electron chi connectivity index (χ2n) is 8.49. The highest BCUT2D eigenvalue weighted by Gasteiger charge is 2.60. The number of halogens is 2. The van der Waals surface area contributed by atoms with Gasteiger partial charge in [0, 0.05) is 36.1 Å². The molecule has 9 heteroatoms. The number of imide groups is 1. The van der Waals surface area contributed by atoms with Crippen LogP contribution in [0.1, 0.15) is 29.8 Å². The SMILES string of the molecule is CNCCN1C(=O)N2[C@H](c3cccc(O)c3)c3[nH]c4cc(F)c(Cl)cc4c3C[C@@]2(C)C1=O. The molecule has 3 heterocycles. The molecule has 1 aromatic heterocycles. The van der Waals surface area contributed by atoms with E-state index in [-0.39, 0.29) is 29.6 Å². The molecule has 2 aliphatic rings. The Balaban J connectivity index is 1.76. The van der Waals surface area contributed by atoms with Gasteiger partial charge in [-0.05, 0) is 49.4 Å². The number of urea groups is 1. The van der Waals surface area contributed by atoms with Gasteiger partial charge in [0.2, 0.25) is 0 Å². The standard InChI is InChI=1S/C23H22ClFN4O3/c1-23-11-15-14-9-16(24)17(25)10-18(14)27-19(15)20(12-4-3-5-13(30)8-12)29(23)22(32)28(21(23)31)7-6-26-2/h3-5,8-10,20,26-27,30H,6-7,11H2,1-2H3/t20-,23+/m1/s1. The highest BCUT2D eigenvalue weighted by molar-refractivity contribution is 6.31. The van der Waals surface area contributed by atoms with Crippen LogP contribution in [0.2, 0.25) is 5.02 Å². The van der Waals surface area contributed by atoms with Gasteiger partial charge in [0.25, 0.3) is 5.91 Å². The summed E-state index contributed by atoms with van der Waals surface area (Å²) in [5.41, 5.74) is 1.54. The number of nitrogens with one attached hydrogen (secondary N) is 2. The molecule has 0 aliphatic carbocycles. The molecular formula is C23H22ClFN4O3. The summed E-state index contributed by atoms with van der Waals surface area (Å²) in [5.74, 6) is -0.786. The average Bonchev–Trinajstić information content (AvgIpc) is 3.17. The second kappa shape index (κ2) is 7.21. The third-order valence-electron chi connectivity index (χ3n) is 6.48. The lowest BCUT2D eigenvalue weighted by atomic mass is 9.81. The maximum Gasteiger partial charge on any atom is 0.328 e. The fraction of sp³-hybridized carbons (Fsp3) is 0.304. The van der Waals surface area contributed by atoms with Gasteiger partial charge in [-0.2, -0.15) is 0 Å². The molecule has 3 N–H and O–H groups in total. The molecule has 0 unspecified atom stereocenters. The van der Waals surface area contributed by atoms with Gasteiger partial charge in [0.1, 0.15) is 23.1 Å². The first-order valence-corrected chi connectivity index (χ1v) is 10.7. The number of aromatic hydroxyl groups is 1. The van der Waals surface area contributed by atoms with E-state index in [1.165, 1.54) is 11.0 Å². The molecule has 3 amide bonds. The van der Waals surface area contributed by atoms with E-state index >= 15 is 0 Å². The molecule has 7 nitrogen and oxygen atoms in total. The molecule has 1 fully saturated rings. The summed E-state index contributed by atoms with van der Waals surface area (Å²) < 4.78 is 14.2. The molecule has 0 bridgehead atoms. The number of amides is 3. The van der Waals surface area contributed by atoms with Crippen LogP contribution in [-0.2, 0) is 11.2 Å². The number of rotatable bonds is 4. The van der Waals surface area contributed by atoms with Crippen LogP contribution in [0.3, 0.4) is 0 Å². The van der Waals surface area contributed by atoms with E-state index in [1.807, 2.05) is 0 Å². The molecule has 5 rings (SSSR count). The lowest BCUT2D eigenvalue weighted by molar-refractivity contribution is -0.133. The van der Waals surface area contributed by atoms with Crippen LogP contribution in [-0.4, -0.2) is 57.5 Å². The maximum atomic E-state index is 14.2. The number of likely N-dealkylation sites (N-methyl/N-ethyl adjacent to an activating group) is 1. The third kappa shape index (κ3) is 2.83. The van der Waals surface area contributed by atoms with Gasteiger partial charge in [-0.3, -0.25) is 14.6 Å². The largest absolute Gasteiger partial charge is 0.508 e. The first kappa shape index (κ1) is 20.8. The first-order chi connectivity index (χ1) is 15.3. The monoisotopic (exact) mass is 456 g/mol. The fourth-order valence-electron chi connectivity index (χ4n) is 4.97. The summed E-state index contributed by atoms with van der Waals surface area (Å²) >= 11 is 6.07. The number of carbonyl (C=O) groups excluding carboxylic acids is 2. The van der Waals surface area contributed by atoms with Crippen molar-refractivity contribution in [2.45, 2.75) is 24.9 Å². The van der Waals surface area contributed by atoms with E-state index in [9.17, 15) is 19.1 Å². The Kier molecular flexibility index (Phi) is 4.69. The van der Waals surface area contributed by atoms with Crippen molar-refractivity contribution >= 4 is 34.4 Å². The van der Waals surface area contributed by atoms with Gasteiger partial charge >= 0.3 is 6.03 Å². The molecule has 2 aliphatic heterocycles. The molecular weight excluding hydrogens is 435 g/mol. The van der Waals surface area contributed by atoms with Crippen molar-refractivity contribution in [1.82, 2.24) is 20.1 Å². The number of carbonyl (C=O) groups is 2. The van der Waals surface area contributed by atoms with Crippen molar-refractivity contribution in [2.75, 3.05) is 20.1 Å². The normalized spacial score (nSPS) is 22.6. The minimum atomic E-state index is -1.13. The molecule has 0 radical (unpaired) electrons. The van der Waals surface area contributed by atoms with E-state index in [2.05, 4.69) is 10.3 Å². The lowest BCUT2D eigenvalue weighted by Crippen LogP contribution is -2.53. The van der Waals surface area contributed by atoms with Gasteiger partial charge in [0.15, 0.2) is 0 Å². The third-order valence-corrected chi connectivity index (χ3v) is 6.77. The number of phenols is 1. The van der Waals surface area contributed by atoms with E-state index in [0.717, 1.165) is 5.56 Å². The number of hydrogen-bond acceptors (Lipinski definition) is 4. The Morgan fingerprint density at radius 2 is 2.09 bits per heavy atom. The van der Waals surface area contributed by atoms with E-state index in [0.29, 0.717) is 28.7 Å². The van der Waals surface area contributed by atoms with Crippen LogP contribution in [0.5, 0.6) is 5.75 Å². The summed E-state index contributed by atoms with van der Waals surface area (Å²) in [6, 6.07) is 8.43. The number of H-pyrrole nitrogens is 1. The van der Waals surface area contributed by atoms with Crippen molar-refractivity contribution in [3.63, 3.8) is 0 Å². The topological polar surface area (TPSA) is 88.7 Å². The zero-order chi connectivity index (χ0) is 22.8. The summed E-state index contributed by atoms with van der Waals surface area (Å²) in [7, 11) is 1.76. The minimum absolute atomic E-state index is 0.00902. The van der Waals surface area contributed by atoms with Crippen molar-refractivity contribution in [3.8, 4) is 5.75 Å². The Bertz CT molecular complexity index is 1280. The Labute approximate surface area is 188 Å².